The van der Waals surface area contributed by atoms with Gasteiger partial charge in [0.25, 0.3) is 5.91 Å². The Kier molecular flexibility index (Phi) is 5.86. The van der Waals surface area contributed by atoms with Gasteiger partial charge in [0, 0.05) is 23.4 Å². The van der Waals surface area contributed by atoms with Crippen LogP contribution >= 0.6 is 0 Å². The molecule has 7 nitrogen and oxygen atoms in total. The number of ether oxygens (including phenoxy) is 1. The summed E-state index contributed by atoms with van der Waals surface area (Å²) in [5.74, 6) is 0.241. The van der Waals surface area contributed by atoms with Gasteiger partial charge in [0.05, 0.1) is 22.8 Å². The van der Waals surface area contributed by atoms with Crippen LogP contribution in [0.5, 0.6) is 5.75 Å². The molecule has 0 bridgehead atoms. The lowest BCUT2D eigenvalue weighted by Gasteiger charge is -2.12. The fourth-order valence-electron chi connectivity index (χ4n) is 3.56. The molecule has 0 unspecified atom stereocenters. The maximum Gasteiger partial charge on any atom is 0.256 e. The Hall–Kier alpha value is -4.18. The molecule has 0 fully saturated rings. The quantitative estimate of drug-likeness (QED) is 0.462. The Balaban J connectivity index is 1.78. The van der Waals surface area contributed by atoms with Crippen LogP contribution in [0.25, 0.3) is 22.3 Å². The first-order valence-electron chi connectivity index (χ1n) is 10.3. The van der Waals surface area contributed by atoms with Gasteiger partial charge in [-0.2, -0.15) is 10.4 Å². The monoisotopic (exact) mass is 425 g/mol. The van der Waals surface area contributed by atoms with E-state index in [9.17, 15) is 4.79 Å². The lowest BCUT2D eigenvalue weighted by molar-refractivity contribution is 0.102. The highest BCUT2D eigenvalue weighted by atomic mass is 16.5. The number of carbonyl (C=O) groups is 1. The number of pyridine rings is 1. The van der Waals surface area contributed by atoms with Crippen LogP contribution in [0.4, 0.5) is 5.69 Å². The number of carbonyl (C=O) groups excluding carboxylic acids is 1. The van der Waals surface area contributed by atoms with Gasteiger partial charge in [-0.3, -0.25) is 4.79 Å². The van der Waals surface area contributed by atoms with Gasteiger partial charge in [0.1, 0.15) is 11.8 Å². The predicted octanol–water partition coefficient (Wildman–Crippen LogP) is 5.14. The molecule has 2 aromatic carbocycles. The van der Waals surface area contributed by atoms with Crippen LogP contribution < -0.4 is 10.1 Å². The second-order valence-corrected chi connectivity index (χ2v) is 7.72. The summed E-state index contributed by atoms with van der Waals surface area (Å²) in [5.41, 5.74) is 4.48. The number of hydrogen-bond donors (Lipinski definition) is 1. The normalized spacial score (nSPS) is 10.8. The number of amides is 1. The Bertz CT molecular complexity index is 1330. The summed E-state index contributed by atoms with van der Waals surface area (Å²) in [5, 5.41) is 16.8. The maximum atomic E-state index is 13.3. The average molecular weight is 425 g/mol. The Morgan fingerprint density at radius 3 is 2.75 bits per heavy atom. The Morgan fingerprint density at radius 1 is 1.19 bits per heavy atom. The fraction of sp³-hybridized carbons (Fsp3) is 0.200. The minimum Gasteiger partial charge on any atom is -0.479 e. The molecule has 2 aromatic heterocycles. The van der Waals surface area contributed by atoms with Gasteiger partial charge in [-0.1, -0.05) is 30.3 Å². The smallest absolute Gasteiger partial charge is 0.256 e. The van der Waals surface area contributed by atoms with Crippen LogP contribution in [0.1, 0.15) is 35.8 Å². The van der Waals surface area contributed by atoms with E-state index >= 15 is 0 Å². The molecule has 32 heavy (non-hydrogen) atoms. The molecule has 0 aliphatic heterocycles. The minimum atomic E-state index is -0.270. The van der Waals surface area contributed by atoms with Crippen LogP contribution in [0.3, 0.4) is 0 Å². The Labute approximate surface area is 186 Å². The molecule has 4 aromatic rings. The van der Waals surface area contributed by atoms with Gasteiger partial charge in [-0.15, -0.1) is 0 Å². The number of aromatic nitrogens is 3. The molecular formula is C25H23N5O2. The van der Waals surface area contributed by atoms with Crippen molar-refractivity contribution in [3.05, 3.63) is 71.9 Å². The number of rotatable bonds is 6. The molecule has 0 aliphatic carbocycles. The van der Waals surface area contributed by atoms with E-state index in [1.807, 2.05) is 61.9 Å². The molecule has 0 saturated carbocycles. The molecular weight excluding hydrogens is 402 g/mol. The summed E-state index contributed by atoms with van der Waals surface area (Å²) >= 11 is 0. The van der Waals surface area contributed by atoms with E-state index in [2.05, 4.69) is 10.4 Å². The number of aryl methyl sites for hydroxylation is 1. The number of nitrogens with one attached hydrogen (secondary N) is 1. The van der Waals surface area contributed by atoms with Crippen LogP contribution in [0.2, 0.25) is 0 Å². The van der Waals surface area contributed by atoms with Crippen LogP contribution in [0.15, 0.2) is 60.8 Å². The predicted molar refractivity (Wildman–Crippen MR) is 124 cm³/mol. The summed E-state index contributed by atoms with van der Waals surface area (Å²) in [4.78, 5) is 18.2. The van der Waals surface area contributed by atoms with E-state index in [0.717, 1.165) is 11.1 Å². The number of nitrogens with zero attached hydrogens (tertiary/aromatic N) is 4. The van der Waals surface area contributed by atoms with Gasteiger partial charge in [-0.05, 0) is 44.5 Å². The lowest BCUT2D eigenvalue weighted by atomic mass is 10.0. The van der Waals surface area contributed by atoms with Crippen molar-refractivity contribution in [2.24, 2.45) is 0 Å². The molecule has 0 atom stereocenters. The van der Waals surface area contributed by atoms with Crippen molar-refractivity contribution in [1.29, 1.82) is 5.26 Å². The maximum absolute atomic E-state index is 13.3. The summed E-state index contributed by atoms with van der Waals surface area (Å²) in [6, 6.07) is 18.8. The van der Waals surface area contributed by atoms with E-state index in [4.69, 9.17) is 15.0 Å². The standard InChI is InChI=1S/C25H23N5O2/c1-16(2)30-24-22(15-27-30)21(14-23(29-24)20-10-5-4-7-17(20)3)25(31)28-18-8-6-9-19(13-18)32-12-11-26/h4-10,13-16H,12H2,1-3H3,(H,28,31). The van der Waals surface area contributed by atoms with Crippen molar-refractivity contribution < 1.29 is 9.53 Å². The first-order valence-corrected chi connectivity index (χ1v) is 10.3. The van der Waals surface area contributed by atoms with E-state index in [0.29, 0.717) is 33.7 Å². The van der Waals surface area contributed by atoms with E-state index in [1.54, 1.807) is 30.5 Å². The van der Waals surface area contributed by atoms with E-state index < -0.39 is 0 Å². The Morgan fingerprint density at radius 2 is 2.00 bits per heavy atom. The highest BCUT2D eigenvalue weighted by molar-refractivity contribution is 6.12. The topological polar surface area (TPSA) is 92.8 Å². The molecule has 4 rings (SSSR count). The first-order chi connectivity index (χ1) is 15.5. The number of hydrogen-bond acceptors (Lipinski definition) is 5. The van der Waals surface area contributed by atoms with Crippen molar-refractivity contribution >= 4 is 22.6 Å². The van der Waals surface area contributed by atoms with Crippen LogP contribution in [-0.4, -0.2) is 27.3 Å². The molecule has 0 spiro atoms. The van der Waals surface area contributed by atoms with Gasteiger partial charge in [-0.25, -0.2) is 9.67 Å². The molecule has 2 heterocycles. The molecule has 7 heteroatoms. The summed E-state index contributed by atoms with van der Waals surface area (Å²) < 4.78 is 7.16. The third-order valence-corrected chi connectivity index (χ3v) is 5.12. The number of fused-ring (bicyclic) bond motifs is 1. The van der Waals surface area contributed by atoms with Crippen molar-refractivity contribution in [2.45, 2.75) is 26.8 Å². The van der Waals surface area contributed by atoms with Crippen LogP contribution in [0, 0.1) is 18.3 Å². The number of benzene rings is 2. The highest BCUT2D eigenvalue weighted by Gasteiger charge is 2.19. The SMILES string of the molecule is Cc1ccccc1-c1cc(C(=O)Nc2cccc(OCC#N)c2)c2cnn(C(C)C)c2n1. The average Bonchev–Trinajstić information content (AvgIpc) is 3.22. The van der Waals surface area contributed by atoms with Gasteiger partial charge in [0.15, 0.2) is 12.3 Å². The van der Waals surface area contributed by atoms with Gasteiger partial charge in [0.2, 0.25) is 0 Å². The minimum absolute atomic E-state index is 0.0590. The molecule has 0 radical (unpaired) electrons. The first kappa shape index (κ1) is 21.1. The summed E-state index contributed by atoms with van der Waals surface area (Å²) in [6.45, 7) is 6.02. The van der Waals surface area contributed by atoms with Gasteiger partial charge < -0.3 is 10.1 Å². The van der Waals surface area contributed by atoms with Gasteiger partial charge >= 0.3 is 0 Å². The zero-order valence-corrected chi connectivity index (χ0v) is 18.2. The van der Waals surface area contributed by atoms with E-state index in [1.165, 1.54) is 0 Å². The second kappa shape index (κ2) is 8.90. The third kappa shape index (κ3) is 4.16. The van der Waals surface area contributed by atoms with Crippen molar-refractivity contribution in [3.63, 3.8) is 0 Å². The van der Waals surface area contributed by atoms with Crippen LogP contribution in [-0.2, 0) is 0 Å². The molecule has 1 N–H and O–H groups in total. The zero-order chi connectivity index (χ0) is 22.7. The van der Waals surface area contributed by atoms with Crippen molar-refractivity contribution in [1.82, 2.24) is 14.8 Å². The lowest BCUT2D eigenvalue weighted by Crippen LogP contribution is -2.13. The van der Waals surface area contributed by atoms with Crippen molar-refractivity contribution in [2.75, 3.05) is 11.9 Å². The fourth-order valence-corrected chi connectivity index (χ4v) is 3.56. The number of anilines is 1. The summed E-state index contributed by atoms with van der Waals surface area (Å²) in [6.07, 6.45) is 1.69. The highest BCUT2D eigenvalue weighted by Crippen LogP contribution is 2.29. The largest absolute Gasteiger partial charge is 0.479 e. The second-order valence-electron chi connectivity index (χ2n) is 7.72. The van der Waals surface area contributed by atoms with Crippen molar-refractivity contribution in [3.8, 4) is 23.1 Å². The van der Waals surface area contributed by atoms with E-state index in [-0.39, 0.29) is 18.6 Å². The molecule has 0 aliphatic rings. The molecule has 160 valence electrons. The number of nitriles is 1. The zero-order valence-electron chi connectivity index (χ0n) is 18.2. The summed E-state index contributed by atoms with van der Waals surface area (Å²) in [7, 11) is 0. The third-order valence-electron chi connectivity index (χ3n) is 5.12. The molecule has 0 saturated heterocycles. The molecule has 1 amide bonds.